The van der Waals surface area contributed by atoms with Crippen molar-refractivity contribution >= 4 is 39.6 Å². The molecule has 3 aliphatic rings. The number of benzene rings is 2. The predicted octanol–water partition coefficient (Wildman–Crippen LogP) is 4.82. The van der Waals surface area contributed by atoms with Crippen molar-refractivity contribution < 1.29 is 27.3 Å². The molecule has 1 amide bonds. The number of carbonyl (C=O) groups is 1. The van der Waals surface area contributed by atoms with Crippen molar-refractivity contribution in [3.05, 3.63) is 106 Å². The fourth-order valence-corrected chi connectivity index (χ4v) is 6.43. The molecule has 2 aliphatic heterocycles. The SMILES string of the molecule is COc1ncc(C2=CCC3N=C(N)C(c4ccc(C(=O)N5CCOCC5)cc4C)=CC3=C2)cc1NS(=O)c1ccc(F)cc1F. The van der Waals surface area contributed by atoms with Crippen LogP contribution < -0.4 is 15.2 Å². The quantitative estimate of drug-likeness (QED) is 0.386. The molecule has 0 bridgehead atoms. The zero-order valence-corrected chi connectivity index (χ0v) is 25.5. The van der Waals surface area contributed by atoms with Gasteiger partial charge in [-0.3, -0.25) is 14.5 Å². The fraction of sp³-hybridized carbons (Fsp3) is 0.242. The average Bonchev–Trinajstić information content (AvgIpc) is 3.04. The van der Waals surface area contributed by atoms with Gasteiger partial charge in [0.2, 0.25) is 5.88 Å². The molecular formula is C33H31F2N5O4S. The van der Waals surface area contributed by atoms with Crippen LogP contribution in [-0.2, 0) is 15.7 Å². The standard InChI is InChI=1S/C33H31F2N5O4S/c1-19-13-21(33(41)40-9-11-44-12-10-40)3-6-25(19)26-15-22-14-20(4-7-28(22)38-31(26)36)23-16-29(32(43-2)37-18-23)39-45(42)30-8-5-24(34)17-27(30)35/h3-6,8,13-18,28,39H,7,9-12H2,1-2H3,(H2,36,38). The Morgan fingerprint density at radius 1 is 1.13 bits per heavy atom. The maximum absolute atomic E-state index is 14.3. The number of anilines is 1. The number of amides is 1. The molecule has 2 atom stereocenters. The summed E-state index contributed by atoms with van der Waals surface area (Å²) in [5.41, 5.74) is 12.4. The zero-order valence-electron chi connectivity index (χ0n) is 24.7. The summed E-state index contributed by atoms with van der Waals surface area (Å²) in [5.74, 6) is -1.12. The molecule has 3 heterocycles. The Hall–Kier alpha value is -4.68. The molecule has 2 aromatic carbocycles. The second-order valence-electron chi connectivity index (χ2n) is 10.8. The molecular weight excluding hydrogens is 600 g/mol. The number of hydrogen-bond donors (Lipinski definition) is 2. The molecule has 1 saturated heterocycles. The number of dihydropyridines is 1. The Morgan fingerprint density at radius 3 is 2.67 bits per heavy atom. The van der Waals surface area contributed by atoms with E-state index in [2.05, 4.69) is 9.71 Å². The molecule has 2 unspecified atom stereocenters. The first-order chi connectivity index (χ1) is 21.7. The predicted molar refractivity (Wildman–Crippen MR) is 169 cm³/mol. The zero-order chi connectivity index (χ0) is 31.7. The van der Waals surface area contributed by atoms with Crippen molar-refractivity contribution in [3.63, 3.8) is 0 Å². The number of halogens is 2. The van der Waals surface area contributed by atoms with Crippen molar-refractivity contribution in [2.45, 2.75) is 24.3 Å². The van der Waals surface area contributed by atoms with Crippen LogP contribution >= 0.6 is 0 Å². The van der Waals surface area contributed by atoms with E-state index >= 15 is 0 Å². The number of ether oxygens (including phenoxy) is 2. The second kappa shape index (κ2) is 12.7. The minimum atomic E-state index is -2.04. The number of nitrogens with two attached hydrogens (primary N) is 1. The molecule has 6 rings (SSSR count). The number of pyridine rings is 1. The number of hydrogen-bond acceptors (Lipinski definition) is 7. The highest BCUT2D eigenvalue weighted by Crippen LogP contribution is 2.36. The Morgan fingerprint density at radius 2 is 1.93 bits per heavy atom. The van der Waals surface area contributed by atoms with Gasteiger partial charge in [-0.1, -0.05) is 12.1 Å². The monoisotopic (exact) mass is 631 g/mol. The van der Waals surface area contributed by atoms with Gasteiger partial charge in [0.15, 0.2) is 11.0 Å². The number of rotatable bonds is 7. The lowest BCUT2D eigenvalue weighted by molar-refractivity contribution is 0.0303. The largest absolute Gasteiger partial charge is 0.480 e. The molecule has 3 aromatic rings. The Kier molecular flexibility index (Phi) is 8.59. The van der Waals surface area contributed by atoms with Crippen LogP contribution in [0, 0.1) is 18.6 Å². The number of nitrogens with zero attached hydrogens (tertiary/aromatic N) is 3. The lowest BCUT2D eigenvalue weighted by atomic mass is 9.86. The van der Waals surface area contributed by atoms with E-state index < -0.39 is 22.6 Å². The van der Waals surface area contributed by atoms with Crippen LogP contribution in [0.15, 0.2) is 82.4 Å². The third kappa shape index (κ3) is 6.29. The van der Waals surface area contributed by atoms with Crippen LogP contribution in [0.2, 0.25) is 0 Å². The normalized spacial score (nSPS) is 18.6. The van der Waals surface area contributed by atoms with E-state index in [1.807, 2.05) is 43.4 Å². The number of aromatic nitrogens is 1. The van der Waals surface area contributed by atoms with E-state index in [-0.39, 0.29) is 28.4 Å². The van der Waals surface area contributed by atoms with Gasteiger partial charge in [-0.05, 0) is 78.1 Å². The van der Waals surface area contributed by atoms with Crippen molar-refractivity contribution in [3.8, 4) is 5.88 Å². The van der Waals surface area contributed by atoms with E-state index in [0.29, 0.717) is 55.8 Å². The molecule has 1 fully saturated rings. The second-order valence-corrected chi connectivity index (χ2v) is 12.0. The van der Waals surface area contributed by atoms with E-state index in [0.717, 1.165) is 40.0 Å². The highest BCUT2D eigenvalue weighted by Gasteiger charge is 2.26. The Labute approximate surface area is 261 Å². The summed E-state index contributed by atoms with van der Waals surface area (Å²) in [7, 11) is -0.620. The summed E-state index contributed by atoms with van der Waals surface area (Å²) in [4.78, 5) is 23.7. The number of amidine groups is 1. The first-order valence-electron chi connectivity index (χ1n) is 14.3. The fourth-order valence-electron chi connectivity index (χ4n) is 5.54. The molecule has 9 nitrogen and oxygen atoms in total. The smallest absolute Gasteiger partial charge is 0.254 e. The van der Waals surface area contributed by atoms with Crippen LogP contribution in [0.1, 0.15) is 33.5 Å². The summed E-state index contributed by atoms with van der Waals surface area (Å²) in [6.45, 7) is 4.17. The lowest BCUT2D eigenvalue weighted by Gasteiger charge is -2.27. The Bertz CT molecular complexity index is 1830. The van der Waals surface area contributed by atoms with Gasteiger partial charge < -0.3 is 20.1 Å². The third-order valence-corrected chi connectivity index (χ3v) is 9.02. The van der Waals surface area contributed by atoms with Gasteiger partial charge in [-0.2, -0.15) is 0 Å². The molecule has 1 aliphatic carbocycles. The minimum absolute atomic E-state index is 0.0226. The molecule has 3 N–H and O–H groups in total. The molecule has 232 valence electrons. The summed E-state index contributed by atoms with van der Waals surface area (Å²) in [5, 5.41) is 0. The highest BCUT2D eigenvalue weighted by atomic mass is 32.2. The number of methoxy groups -OCH3 is 1. The van der Waals surface area contributed by atoms with Crippen molar-refractivity contribution in [1.29, 1.82) is 0 Å². The number of aryl methyl sites for hydroxylation is 1. The molecule has 1 aromatic heterocycles. The number of carbonyl (C=O) groups excluding carboxylic acids is 1. The van der Waals surface area contributed by atoms with Crippen LogP contribution in [0.25, 0.3) is 11.1 Å². The summed E-state index contributed by atoms with van der Waals surface area (Å²) in [6.07, 6.45) is 8.27. The number of fused-ring (bicyclic) bond motifs is 1. The van der Waals surface area contributed by atoms with Gasteiger partial charge in [-0.25, -0.2) is 18.0 Å². The maximum Gasteiger partial charge on any atom is 0.254 e. The van der Waals surface area contributed by atoms with E-state index in [1.165, 1.54) is 7.11 Å². The van der Waals surface area contributed by atoms with E-state index in [1.54, 1.807) is 17.2 Å². The van der Waals surface area contributed by atoms with Gasteiger partial charge in [0.25, 0.3) is 5.91 Å². The van der Waals surface area contributed by atoms with Gasteiger partial charge in [0.1, 0.15) is 23.2 Å². The third-order valence-electron chi connectivity index (χ3n) is 7.89. The first kappa shape index (κ1) is 30.4. The van der Waals surface area contributed by atoms with E-state index in [9.17, 15) is 17.8 Å². The molecule has 12 heteroatoms. The van der Waals surface area contributed by atoms with Crippen LogP contribution in [0.5, 0.6) is 5.88 Å². The van der Waals surface area contributed by atoms with Gasteiger partial charge >= 0.3 is 0 Å². The Balaban J connectivity index is 1.26. The summed E-state index contributed by atoms with van der Waals surface area (Å²) < 4.78 is 54.0. The van der Waals surface area contributed by atoms with Gasteiger partial charge in [-0.15, -0.1) is 0 Å². The van der Waals surface area contributed by atoms with Crippen LogP contribution in [0.3, 0.4) is 0 Å². The lowest BCUT2D eigenvalue weighted by Crippen LogP contribution is -2.40. The summed E-state index contributed by atoms with van der Waals surface area (Å²) >= 11 is 0. The van der Waals surface area contributed by atoms with Crippen LogP contribution in [-0.4, -0.2) is 65.3 Å². The summed E-state index contributed by atoms with van der Waals surface area (Å²) in [6, 6.07) is 10.0. The molecule has 45 heavy (non-hydrogen) atoms. The minimum Gasteiger partial charge on any atom is -0.480 e. The maximum atomic E-state index is 14.3. The number of aliphatic imine (C=N–C) groups is 1. The van der Waals surface area contributed by atoms with Crippen LogP contribution in [0.4, 0.5) is 14.5 Å². The molecule has 0 radical (unpaired) electrons. The number of nitrogens with one attached hydrogen (secondary N) is 1. The van der Waals surface area contributed by atoms with Crippen molar-refractivity contribution in [2.24, 2.45) is 10.7 Å². The highest BCUT2D eigenvalue weighted by molar-refractivity contribution is 7.86. The first-order valence-corrected chi connectivity index (χ1v) is 15.5. The molecule has 0 saturated carbocycles. The number of allylic oxidation sites excluding steroid dienone is 2. The van der Waals surface area contributed by atoms with Gasteiger partial charge in [0.05, 0.1) is 31.3 Å². The van der Waals surface area contributed by atoms with Crippen molar-refractivity contribution in [2.75, 3.05) is 38.1 Å². The molecule has 0 spiro atoms. The average molecular weight is 632 g/mol. The topological polar surface area (TPSA) is 119 Å². The van der Waals surface area contributed by atoms with Gasteiger partial charge in [0, 0.05) is 42.1 Å². The van der Waals surface area contributed by atoms with E-state index in [4.69, 9.17) is 20.2 Å². The number of morpholine rings is 1. The van der Waals surface area contributed by atoms with Crippen molar-refractivity contribution in [1.82, 2.24) is 9.88 Å².